The number of benzene rings is 1. The Kier molecular flexibility index (Phi) is 5.96. The van der Waals surface area contributed by atoms with Gasteiger partial charge >= 0.3 is 0 Å². The van der Waals surface area contributed by atoms with Gasteiger partial charge in [0.25, 0.3) is 0 Å². The van der Waals surface area contributed by atoms with Crippen LogP contribution in [0, 0.1) is 0 Å². The Labute approximate surface area is 144 Å². The molecule has 0 bridgehead atoms. The van der Waals surface area contributed by atoms with E-state index in [-0.39, 0.29) is 18.4 Å². The predicted molar refractivity (Wildman–Crippen MR) is 90.6 cm³/mol. The highest BCUT2D eigenvalue weighted by molar-refractivity contribution is 6.36. The number of nitrogens with zero attached hydrogens (tertiary/aromatic N) is 2. The Balaban J connectivity index is 2.04. The second-order valence-electron chi connectivity index (χ2n) is 4.80. The first-order chi connectivity index (χ1) is 11.0. The van der Waals surface area contributed by atoms with Crippen molar-refractivity contribution in [1.82, 2.24) is 10.3 Å². The van der Waals surface area contributed by atoms with Crippen molar-refractivity contribution < 1.29 is 9.59 Å². The molecule has 23 heavy (non-hydrogen) atoms. The second kappa shape index (κ2) is 7.94. The molecule has 1 heterocycles. The zero-order valence-corrected chi connectivity index (χ0v) is 13.9. The number of amides is 2. The van der Waals surface area contributed by atoms with Crippen LogP contribution in [0.25, 0.3) is 0 Å². The first-order valence-electron chi connectivity index (χ1n) is 6.87. The van der Waals surface area contributed by atoms with Gasteiger partial charge in [0.2, 0.25) is 11.8 Å². The monoisotopic (exact) mass is 351 g/mol. The summed E-state index contributed by atoms with van der Waals surface area (Å²) in [7, 11) is 0. The average molecular weight is 352 g/mol. The highest BCUT2D eigenvalue weighted by atomic mass is 35.5. The van der Waals surface area contributed by atoms with Gasteiger partial charge in [-0.1, -0.05) is 29.3 Å². The fraction of sp³-hybridized carbons (Fsp3) is 0.188. The number of halogens is 2. The van der Waals surface area contributed by atoms with E-state index in [2.05, 4.69) is 10.3 Å². The number of nitrogens with one attached hydrogen (secondary N) is 1. The maximum absolute atomic E-state index is 12.1. The van der Waals surface area contributed by atoms with Crippen molar-refractivity contribution >= 4 is 40.7 Å². The highest BCUT2D eigenvalue weighted by Crippen LogP contribution is 2.28. The molecule has 1 N–H and O–H groups in total. The Bertz CT molecular complexity index is 708. The number of pyridine rings is 1. The van der Waals surface area contributed by atoms with Crippen LogP contribution in [0.1, 0.15) is 12.6 Å². The van der Waals surface area contributed by atoms with E-state index in [9.17, 15) is 9.59 Å². The lowest BCUT2D eigenvalue weighted by Crippen LogP contribution is -2.39. The summed E-state index contributed by atoms with van der Waals surface area (Å²) >= 11 is 12.0. The lowest BCUT2D eigenvalue weighted by molar-refractivity contribution is -0.123. The first kappa shape index (κ1) is 17.2. The van der Waals surface area contributed by atoms with Crippen LogP contribution in [0.15, 0.2) is 42.6 Å². The number of hydrogen-bond donors (Lipinski definition) is 1. The molecule has 2 rings (SSSR count). The smallest absolute Gasteiger partial charge is 0.240 e. The molecule has 0 aliphatic heterocycles. The lowest BCUT2D eigenvalue weighted by atomic mass is 10.2. The Hall–Kier alpha value is -2.11. The Morgan fingerprint density at radius 3 is 2.61 bits per heavy atom. The summed E-state index contributed by atoms with van der Waals surface area (Å²) < 4.78 is 0. The molecule has 0 aliphatic carbocycles. The minimum absolute atomic E-state index is 0.135. The van der Waals surface area contributed by atoms with Gasteiger partial charge in [-0.25, -0.2) is 0 Å². The Morgan fingerprint density at radius 2 is 2.00 bits per heavy atom. The van der Waals surface area contributed by atoms with E-state index >= 15 is 0 Å². The maximum Gasteiger partial charge on any atom is 0.240 e. The van der Waals surface area contributed by atoms with E-state index in [0.717, 1.165) is 5.69 Å². The van der Waals surface area contributed by atoms with Gasteiger partial charge in [-0.2, -0.15) is 0 Å². The lowest BCUT2D eigenvalue weighted by Gasteiger charge is -2.22. The van der Waals surface area contributed by atoms with Crippen molar-refractivity contribution in [2.75, 3.05) is 11.4 Å². The molecular formula is C16H15Cl2N3O2. The molecule has 2 aromatic rings. The topological polar surface area (TPSA) is 62.3 Å². The van der Waals surface area contributed by atoms with E-state index < -0.39 is 0 Å². The number of hydrogen-bond acceptors (Lipinski definition) is 3. The van der Waals surface area contributed by atoms with Crippen molar-refractivity contribution in [2.24, 2.45) is 0 Å². The summed E-state index contributed by atoms with van der Waals surface area (Å²) in [6.45, 7) is 1.53. The van der Waals surface area contributed by atoms with Gasteiger partial charge in [-0.05, 0) is 30.3 Å². The van der Waals surface area contributed by atoms with Crippen LogP contribution in [0.4, 0.5) is 5.69 Å². The minimum atomic E-state index is -0.308. The molecule has 0 unspecified atom stereocenters. The molecule has 0 saturated heterocycles. The first-order valence-corrected chi connectivity index (χ1v) is 7.62. The normalized spacial score (nSPS) is 10.2. The number of anilines is 1. The van der Waals surface area contributed by atoms with E-state index in [1.165, 1.54) is 17.9 Å². The van der Waals surface area contributed by atoms with Gasteiger partial charge in [0.1, 0.15) is 6.54 Å². The predicted octanol–water partition coefficient (Wildman–Crippen LogP) is 3.06. The van der Waals surface area contributed by atoms with Crippen LogP contribution in [-0.4, -0.2) is 23.3 Å². The van der Waals surface area contributed by atoms with Gasteiger partial charge < -0.3 is 10.2 Å². The van der Waals surface area contributed by atoms with Crippen LogP contribution in [0.2, 0.25) is 10.0 Å². The zero-order chi connectivity index (χ0) is 16.8. The van der Waals surface area contributed by atoms with Crippen LogP contribution in [0.5, 0.6) is 0 Å². The highest BCUT2D eigenvalue weighted by Gasteiger charge is 2.18. The standard InChI is InChI=1S/C16H15Cl2N3O2/c1-11(22)21(15-6-5-12(17)8-14(15)18)10-16(23)20-9-13-4-2-3-7-19-13/h2-8H,9-10H2,1H3,(H,20,23). The second-order valence-corrected chi connectivity index (χ2v) is 5.64. The summed E-state index contributed by atoms with van der Waals surface area (Å²) in [6.07, 6.45) is 1.65. The van der Waals surface area contributed by atoms with Gasteiger partial charge in [0.15, 0.2) is 0 Å². The molecule has 0 saturated carbocycles. The third-order valence-electron chi connectivity index (χ3n) is 3.08. The third-order valence-corrected chi connectivity index (χ3v) is 3.61. The fourth-order valence-corrected chi connectivity index (χ4v) is 2.47. The molecule has 7 heteroatoms. The van der Waals surface area contributed by atoms with E-state index in [1.807, 2.05) is 6.07 Å². The minimum Gasteiger partial charge on any atom is -0.349 e. The molecule has 0 spiro atoms. The van der Waals surface area contributed by atoms with Crippen molar-refractivity contribution in [3.8, 4) is 0 Å². The zero-order valence-electron chi connectivity index (χ0n) is 12.4. The van der Waals surface area contributed by atoms with Crippen LogP contribution in [-0.2, 0) is 16.1 Å². The Morgan fingerprint density at radius 1 is 1.22 bits per heavy atom. The molecule has 1 aromatic carbocycles. The number of carbonyl (C=O) groups is 2. The van der Waals surface area contributed by atoms with Crippen LogP contribution < -0.4 is 10.2 Å². The third kappa shape index (κ3) is 4.94. The summed E-state index contributed by atoms with van der Waals surface area (Å²) in [6, 6.07) is 10.2. The SMILES string of the molecule is CC(=O)N(CC(=O)NCc1ccccn1)c1ccc(Cl)cc1Cl. The molecule has 0 aliphatic rings. The van der Waals surface area contributed by atoms with Crippen LogP contribution >= 0.6 is 23.2 Å². The fourth-order valence-electron chi connectivity index (χ4n) is 1.96. The largest absolute Gasteiger partial charge is 0.349 e. The molecule has 120 valence electrons. The summed E-state index contributed by atoms with van der Waals surface area (Å²) in [5.41, 5.74) is 1.18. The van der Waals surface area contributed by atoms with Crippen molar-refractivity contribution in [3.05, 3.63) is 58.3 Å². The molecule has 1 aromatic heterocycles. The van der Waals surface area contributed by atoms with E-state index in [1.54, 1.807) is 30.5 Å². The number of carbonyl (C=O) groups excluding carboxylic acids is 2. The summed E-state index contributed by atoms with van der Waals surface area (Å²) in [5.74, 6) is -0.598. The van der Waals surface area contributed by atoms with E-state index in [0.29, 0.717) is 22.3 Å². The number of rotatable bonds is 5. The molecule has 5 nitrogen and oxygen atoms in total. The van der Waals surface area contributed by atoms with Crippen molar-refractivity contribution in [2.45, 2.75) is 13.5 Å². The van der Waals surface area contributed by atoms with Gasteiger partial charge in [-0.15, -0.1) is 0 Å². The van der Waals surface area contributed by atoms with Crippen molar-refractivity contribution in [3.63, 3.8) is 0 Å². The maximum atomic E-state index is 12.1. The molecule has 0 fully saturated rings. The van der Waals surface area contributed by atoms with E-state index in [4.69, 9.17) is 23.2 Å². The molecule has 0 radical (unpaired) electrons. The van der Waals surface area contributed by atoms with Crippen molar-refractivity contribution in [1.29, 1.82) is 0 Å². The summed E-state index contributed by atoms with van der Waals surface area (Å²) in [4.78, 5) is 29.3. The molecule has 0 atom stereocenters. The molecule has 2 amide bonds. The molecular weight excluding hydrogens is 337 g/mol. The van der Waals surface area contributed by atoms with Gasteiger partial charge in [-0.3, -0.25) is 14.6 Å². The van der Waals surface area contributed by atoms with Crippen LogP contribution in [0.3, 0.4) is 0 Å². The average Bonchev–Trinajstić information content (AvgIpc) is 2.52. The van der Waals surface area contributed by atoms with Gasteiger partial charge in [0, 0.05) is 18.1 Å². The van der Waals surface area contributed by atoms with Gasteiger partial charge in [0.05, 0.1) is 22.9 Å². The quantitative estimate of drug-likeness (QED) is 0.900. The number of aromatic nitrogens is 1. The summed E-state index contributed by atoms with van der Waals surface area (Å²) in [5, 5.41) is 3.49.